The molecular weight excluding hydrogens is 249 g/mol. The van der Waals surface area contributed by atoms with Gasteiger partial charge in [-0.15, -0.1) is 0 Å². The summed E-state index contributed by atoms with van der Waals surface area (Å²) in [5.41, 5.74) is 4.28. The lowest BCUT2D eigenvalue weighted by molar-refractivity contribution is -0.140. The van der Waals surface area contributed by atoms with Gasteiger partial charge in [0, 0.05) is 12.7 Å². The molecule has 0 spiro atoms. The number of nitrogens with two attached hydrogens (primary N) is 1. The average Bonchev–Trinajstić information content (AvgIpc) is 2.28. The molecule has 1 unspecified atom stereocenters. The second-order valence-electron chi connectivity index (χ2n) is 3.63. The highest BCUT2D eigenvalue weighted by atomic mass is 19.4. The van der Waals surface area contributed by atoms with E-state index in [1.165, 1.54) is 20.0 Å². The normalized spacial score (nSPS) is 12.9. The Bertz CT molecular complexity index is 446. The Morgan fingerprint density at radius 3 is 2.56 bits per heavy atom. The number of amides is 1. The molecule has 0 aliphatic heterocycles. The first-order chi connectivity index (χ1) is 8.25. The molecule has 1 atom stereocenters. The Labute approximate surface area is 102 Å². The highest BCUT2D eigenvalue weighted by molar-refractivity contribution is 5.80. The molecule has 3 N–H and O–H groups in total. The van der Waals surface area contributed by atoms with E-state index in [1.807, 2.05) is 0 Å². The van der Waals surface area contributed by atoms with Crippen molar-refractivity contribution in [2.75, 3.05) is 12.8 Å². The number of nitrogens with one attached hydrogen (secondary N) is 1. The fraction of sp³-hybridized carbons (Fsp3) is 0.364. The van der Waals surface area contributed by atoms with E-state index in [-0.39, 0.29) is 5.69 Å². The number of nitrogen functional groups attached to an aromatic ring is 1. The van der Waals surface area contributed by atoms with Gasteiger partial charge in [0.15, 0.2) is 6.10 Å². The van der Waals surface area contributed by atoms with Crippen molar-refractivity contribution in [1.29, 1.82) is 0 Å². The molecule has 0 fully saturated rings. The molecule has 0 radical (unpaired) electrons. The number of ether oxygens (including phenoxy) is 1. The van der Waals surface area contributed by atoms with Gasteiger partial charge < -0.3 is 15.8 Å². The molecule has 0 aliphatic rings. The van der Waals surface area contributed by atoms with Gasteiger partial charge in [-0.25, -0.2) is 0 Å². The molecular formula is C11H13F3N2O2. The zero-order chi connectivity index (χ0) is 13.9. The third-order valence-electron chi connectivity index (χ3n) is 2.23. The van der Waals surface area contributed by atoms with E-state index in [9.17, 15) is 18.0 Å². The van der Waals surface area contributed by atoms with Crippen molar-refractivity contribution in [2.45, 2.75) is 19.2 Å². The second kappa shape index (κ2) is 5.16. The van der Waals surface area contributed by atoms with Crippen LogP contribution in [0.25, 0.3) is 0 Å². The number of anilines is 1. The molecule has 7 heteroatoms. The van der Waals surface area contributed by atoms with Gasteiger partial charge in [0.1, 0.15) is 5.75 Å². The summed E-state index contributed by atoms with van der Waals surface area (Å²) in [6, 6.07) is 3.14. The van der Waals surface area contributed by atoms with Crippen LogP contribution in [-0.2, 0) is 11.0 Å². The number of hydrogen-bond donors (Lipinski definition) is 2. The number of alkyl halides is 3. The van der Waals surface area contributed by atoms with Crippen LogP contribution in [0.5, 0.6) is 5.75 Å². The predicted octanol–water partition coefficient (Wildman–Crippen LogP) is 1.80. The Morgan fingerprint density at radius 2 is 2.06 bits per heavy atom. The molecule has 1 rings (SSSR count). The van der Waals surface area contributed by atoms with Crippen molar-refractivity contribution < 1.29 is 22.7 Å². The molecule has 0 aromatic heterocycles. The van der Waals surface area contributed by atoms with E-state index in [2.05, 4.69) is 5.32 Å². The van der Waals surface area contributed by atoms with E-state index < -0.39 is 29.5 Å². The summed E-state index contributed by atoms with van der Waals surface area (Å²) in [5, 5.41) is 2.28. The van der Waals surface area contributed by atoms with Crippen LogP contribution in [0.4, 0.5) is 18.9 Å². The Balaban J connectivity index is 3.06. The van der Waals surface area contributed by atoms with Crippen LogP contribution in [0.15, 0.2) is 18.2 Å². The van der Waals surface area contributed by atoms with Crippen LogP contribution in [0.2, 0.25) is 0 Å². The molecule has 0 heterocycles. The maximum Gasteiger partial charge on any atom is 0.420 e. The lowest BCUT2D eigenvalue weighted by atomic mass is 10.1. The third kappa shape index (κ3) is 3.28. The largest absolute Gasteiger partial charge is 0.480 e. The van der Waals surface area contributed by atoms with Crippen molar-refractivity contribution in [1.82, 2.24) is 5.32 Å². The van der Waals surface area contributed by atoms with Gasteiger partial charge in [-0.2, -0.15) is 13.2 Å². The Hall–Kier alpha value is -1.92. The zero-order valence-corrected chi connectivity index (χ0v) is 9.84. The van der Waals surface area contributed by atoms with Gasteiger partial charge in [0.2, 0.25) is 0 Å². The number of likely N-dealkylation sites (N-methyl/N-ethyl adjacent to an activating group) is 1. The van der Waals surface area contributed by atoms with Crippen molar-refractivity contribution >= 4 is 11.6 Å². The maximum atomic E-state index is 12.7. The monoisotopic (exact) mass is 262 g/mol. The molecule has 1 amide bonds. The average molecular weight is 262 g/mol. The SMILES string of the molecule is CNC(=O)C(C)Oc1ccc(N)cc1C(F)(F)F. The Kier molecular flexibility index (Phi) is 4.05. The molecule has 18 heavy (non-hydrogen) atoms. The Morgan fingerprint density at radius 1 is 1.44 bits per heavy atom. The van der Waals surface area contributed by atoms with E-state index in [0.29, 0.717) is 0 Å². The molecule has 0 saturated carbocycles. The van der Waals surface area contributed by atoms with Crippen LogP contribution >= 0.6 is 0 Å². The van der Waals surface area contributed by atoms with E-state index in [0.717, 1.165) is 12.1 Å². The van der Waals surface area contributed by atoms with Crippen molar-refractivity contribution in [2.24, 2.45) is 0 Å². The zero-order valence-electron chi connectivity index (χ0n) is 9.84. The number of halogens is 3. The lowest BCUT2D eigenvalue weighted by Crippen LogP contribution is -2.34. The minimum Gasteiger partial charge on any atom is -0.480 e. The highest BCUT2D eigenvalue weighted by Crippen LogP contribution is 2.37. The highest BCUT2D eigenvalue weighted by Gasteiger charge is 2.35. The fourth-order valence-electron chi connectivity index (χ4n) is 1.32. The van der Waals surface area contributed by atoms with Crippen LogP contribution in [-0.4, -0.2) is 19.1 Å². The molecule has 0 saturated heterocycles. The van der Waals surface area contributed by atoms with Gasteiger partial charge in [-0.3, -0.25) is 4.79 Å². The molecule has 0 aliphatic carbocycles. The summed E-state index contributed by atoms with van der Waals surface area (Å²) < 4.78 is 43.2. The van der Waals surface area contributed by atoms with Crippen molar-refractivity contribution in [3.05, 3.63) is 23.8 Å². The number of rotatable bonds is 3. The smallest absolute Gasteiger partial charge is 0.420 e. The summed E-state index contributed by atoms with van der Waals surface area (Å²) in [5.74, 6) is -0.937. The van der Waals surface area contributed by atoms with Gasteiger partial charge >= 0.3 is 6.18 Å². The fourth-order valence-corrected chi connectivity index (χ4v) is 1.32. The van der Waals surface area contributed by atoms with Crippen LogP contribution < -0.4 is 15.8 Å². The second-order valence-corrected chi connectivity index (χ2v) is 3.63. The maximum absolute atomic E-state index is 12.7. The summed E-state index contributed by atoms with van der Waals surface area (Å²) >= 11 is 0. The topological polar surface area (TPSA) is 64.3 Å². The van der Waals surface area contributed by atoms with Gasteiger partial charge in [0.05, 0.1) is 5.56 Å². The molecule has 1 aromatic carbocycles. The van der Waals surface area contributed by atoms with E-state index in [4.69, 9.17) is 10.5 Å². The quantitative estimate of drug-likeness (QED) is 0.816. The number of benzene rings is 1. The van der Waals surface area contributed by atoms with Crippen LogP contribution in [0, 0.1) is 0 Å². The first-order valence-electron chi connectivity index (χ1n) is 5.10. The number of hydrogen-bond acceptors (Lipinski definition) is 3. The minimum absolute atomic E-state index is 0.0257. The molecule has 1 aromatic rings. The molecule has 100 valence electrons. The minimum atomic E-state index is -4.59. The summed E-state index contributed by atoms with van der Waals surface area (Å²) in [6.45, 7) is 1.36. The summed E-state index contributed by atoms with van der Waals surface area (Å²) in [4.78, 5) is 11.2. The third-order valence-corrected chi connectivity index (χ3v) is 2.23. The van der Waals surface area contributed by atoms with Crippen LogP contribution in [0.1, 0.15) is 12.5 Å². The summed E-state index contributed by atoms with van der Waals surface area (Å²) in [7, 11) is 1.37. The van der Waals surface area contributed by atoms with Gasteiger partial charge in [-0.1, -0.05) is 0 Å². The summed E-state index contributed by atoms with van der Waals surface area (Å²) in [6.07, 6.45) is -5.62. The number of carbonyl (C=O) groups is 1. The predicted molar refractivity (Wildman–Crippen MR) is 60.0 cm³/mol. The van der Waals surface area contributed by atoms with Gasteiger partial charge in [0.25, 0.3) is 5.91 Å². The first kappa shape index (κ1) is 14.1. The van der Waals surface area contributed by atoms with E-state index >= 15 is 0 Å². The van der Waals surface area contributed by atoms with Crippen molar-refractivity contribution in [3.8, 4) is 5.75 Å². The van der Waals surface area contributed by atoms with E-state index in [1.54, 1.807) is 0 Å². The first-order valence-corrected chi connectivity index (χ1v) is 5.10. The van der Waals surface area contributed by atoms with Gasteiger partial charge in [-0.05, 0) is 25.1 Å². The number of carbonyl (C=O) groups excluding carboxylic acids is 1. The molecule has 0 bridgehead atoms. The standard InChI is InChI=1S/C11H13F3N2O2/c1-6(10(17)16-2)18-9-4-3-7(15)5-8(9)11(12,13)14/h3-6H,15H2,1-2H3,(H,16,17). The van der Waals surface area contributed by atoms with Crippen LogP contribution in [0.3, 0.4) is 0 Å². The van der Waals surface area contributed by atoms with Crippen molar-refractivity contribution in [3.63, 3.8) is 0 Å². The molecule has 4 nitrogen and oxygen atoms in total. The lowest BCUT2D eigenvalue weighted by Gasteiger charge is -2.18.